The molecular formula is C20H24FN3O4S. The summed E-state index contributed by atoms with van der Waals surface area (Å²) < 4.78 is 18.1. The van der Waals surface area contributed by atoms with Crippen molar-refractivity contribution in [1.29, 1.82) is 0 Å². The number of rotatable bonds is 8. The number of anilines is 1. The number of hydrogen-bond acceptors (Lipinski definition) is 6. The predicted molar refractivity (Wildman–Crippen MR) is 110 cm³/mol. The van der Waals surface area contributed by atoms with E-state index in [4.69, 9.17) is 4.74 Å². The van der Waals surface area contributed by atoms with Crippen LogP contribution >= 0.6 is 11.3 Å². The fourth-order valence-corrected chi connectivity index (χ4v) is 3.91. The van der Waals surface area contributed by atoms with Crippen molar-refractivity contribution in [3.05, 3.63) is 51.7 Å². The molecule has 1 aromatic heterocycles. The van der Waals surface area contributed by atoms with Crippen LogP contribution in [0.15, 0.2) is 24.3 Å². The summed E-state index contributed by atoms with van der Waals surface area (Å²) in [4.78, 5) is 39.0. The zero-order chi connectivity index (χ0) is 21.6. The second-order valence-electron chi connectivity index (χ2n) is 6.41. The van der Waals surface area contributed by atoms with Gasteiger partial charge in [0.2, 0.25) is 5.91 Å². The molecule has 0 atom stereocenters. The summed E-state index contributed by atoms with van der Waals surface area (Å²) in [5.74, 6) is -1.59. The van der Waals surface area contributed by atoms with Crippen molar-refractivity contribution in [3.63, 3.8) is 0 Å². The van der Waals surface area contributed by atoms with Gasteiger partial charge in [0.1, 0.15) is 10.8 Å². The quantitative estimate of drug-likeness (QED) is 0.640. The molecular weight excluding hydrogens is 397 g/mol. The first-order chi connectivity index (χ1) is 13.8. The standard InChI is InChI=1S/C20H24FN3O4S/c1-5-28-20(27)16-12(2)17(18(26)22-3)29-19(16)23-15(25)11-24(4)10-13-6-8-14(21)9-7-13/h6-9H,5,10-11H2,1-4H3,(H,22,26)(H,23,25). The topological polar surface area (TPSA) is 87.7 Å². The highest BCUT2D eigenvalue weighted by Crippen LogP contribution is 2.33. The second kappa shape index (κ2) is 10.1. The van der Waals surface area contributed by atoms with Gasteiger partial charge in [-0.1, -0.05) is 12.1 Å². The van der Waals surface area contributed by atoms with Crippen LogP contribution in [0.2, 0.25) is 0 Å². The normalized spacial score (nSPS) is 10.7. The summed E-state index contributed by atoms with van der Waals surface area (Å²) in [6, 6.07) is 6.04. The molecule has 1 heterocycles. The molecule has 2 amide bonds. The lowest BCUT2D eigenvalue weighted by atomic mass is 10.1. The molecule has 0 saturated carbocycles. The number of ether oxygens (including phenoxy) is 1. The minimum Gasteiger partial charge on any atom is -0.462 e. The lowest BCUT2D eigenvalue weighted by molar-refractivity contribution is -0.117. The number of thiophene rings is 1. The van der Waals surface area contributed by atoms with Gasteiger partial charge in [0.25, 0.3) is 5.91 Å². The largest absolute Gasteiger partial charge is 0.462 e. The van der Waals surface area contributed by atoms with E-state index in [9.17, 15) is 18.8 Å². The first kappa shape index (κ1) is 22.5. The Kier molecular flexibility index (Phi) is 7.86. The number of carbonyl (C=O) groups is 3. The Morgan fingerprint density at radius 1 is 1.21 bits per heavy atom. The highest BCUT2D eigenvalue weighted by atomic mass is 32.1. The van der Waals surface area contributed by atoms with Gasteiger partial charge < -0.3 is 15.4 Å². The molecule has 2 aromatic rings. The maximum atomic E-state index is 13.0. The lowest BCUT2D eigenvalue weighted by Gasteiger charge is -2.16. The number of likely N-dealkylation sites (N-methyl/N-ethyl adjacent to an activating group) is 1. The summed E-state index contributed by atoms with van der Waals surface area (Å²) in [7, 11) is 3.25. The molecule has 156 valence electrons. The van der Waals surface area contributed by atoms with E-state index in [1.54, 1.807) is 37.9 Å². The number of nitrogens with one attached hydrogen (secondary N) is 2. The van der Waals surface area contributed by atoms with Crippen LogP contribution in [-0.2, 0) is 16.1 Å². The number of halogens is 1. The summed E-state index contributed by atoms with van der Waals surface area (Å²) in [5, 5.41) is 5.51. The molecule has 2 N–H and O–H groups in total. The zero-order valence-electron chi connectivity index (χ0n) is 16.8. The average molecular weight is 421 g/mol. The molecule has 0 aliphatic carbocycles. The summed E-state index contributed by atoms with van der Waals surface area (Å²) >= 11 is 1.03. The monoisotopic (exact) mass is 421 g/mol. The van der Waals surface area contributed by atoms with E-state index in [0.29, 0.717) is 17.0 Å². The first-order valence-electron chi connectivity index (χ1n) is 9.02. The van der Waals surface area contributed by atoms with Crippen molar-refractivity contribution in [1.82, 2.24) is 10.2 Å². The number of carbonyl (C=O) groups excluding carboxylic acids is 3. The van der Waals surface area contributed by atoms with Gasteiger partial charge in [-0.2, -0.15) is 0 Å². The van der Waals surface area contributed by atoms with Gasteiger partial charge in [-0.3, -0.25) is 14.5 Å². The maximum absolute atomic E-state index is 13.0. The van der Waals surface area contributed by atoms with Crippen molar-refractivity contribution in [3.8, 4) is 0 Å². The number of hydrogen-bond donors (Lipinski definition) is 2. The van der Waals surface area contributed by atoms with Crippen LogP contribution in [0.4, 0.5) is 9.39 Å². The number of nitrogens with zero attached hydrogens (tertiary/aromatic N) is 1. The van der Waals surface area contributed by atoms with E-state index in [0.717, 1.165) is 16.9 Å². The van der Waals surface area contributed by atoms with E-state index in [-0.39, 0.29) is 41.3 Å². The average Bonchev–Trinajstić information content (AvgIpc) is 2.98. The van der Waals surface area contributed by atoms with E-state index in [2.05, 4.69) is 10.6 Å². The van der Waals surface area contributed by atoms with Gasteiger partial charge in [-0.15, -0.1) is 11.3 Å². The van der Waals surface area contributed by atoms with Crippen LogP contribution in [0, 0.1) is 12.7 Å². The van der Waals surface area contributed by atoms with E-state index < -0.39 is 5.97 Å². The molecule has 0 unspecified atom stereocenters. The second-order valence-corrected chi connectivity index (χ2v) is 7.43. The van der Waals surface area contributed by atoms with Gasteiger partial charge in [-0.05, 0) is 44.2 Å². The Morgan fingerprint density at radius 2 is 1.86 bits per heavy atom. The van der Waals surface area contributed by atoms with Crippen LogP contribution in [0.3, 0.4) is 0 Å². The molecule has 0 fully saturated rings. The van der Waals surface area contributed by atoms with Crippen molar-refractivity contribution in [2.45, 2.75) is 20.4 Å². The SMILES string of the molecule is CCOC(=O)c1c(NC(=O)CN(C)Cc2ccc(F)cc2)sc(C(=O)NC)c1C. The number of amides is 2. The highest BCUT2D eigenvalue weighted by Gasteiger charge is 2.26. The highest BCUT2D eigenvalue weighted by molar-refractivity contribution is 7.18. The van der Waals surface area contributed by atoms with Gasteiger partial charge in [0.05, 0.1) is 23.6 Å². The Balaban J connectivity index is 2.14. The molecule has 0 bridgehead atoms. The summed E-state index contributed by atoms with van der Waals surface area (Å²) in [6.07, 6.45) is 0. The Bertz CT molecular complexity index is 896. The predicted octanol–water partition coefficient (Wildman–Crippen LogP) is 2.80. The van der Waals surface area contributed by atoms with Crippen molar-refractivity contribution in [2.75, 3.05) is 32.6 Å². The van der Waals surface area contributed by atoms with Crippen LogP contribution in [0.5, 0.6) is 0 Å². The molecule has 0 aliphatic heterocycles. The van der Waals surface area contributed by atoms with Gasteiger partial charge in [0.15, 0.2) is 0 Å². The smallest absolute Gasteiger partial charge is 0.341 e. The van der Waals surface area contributed by atoms with E-state index in [1.807, 2.05) is 0 Å². The van der Waals surface area contributed by atoms with E-state index in [1.165, 1.54) is 19.2 Å². The fourth-order valence-electron chi connectivity index (χ4n) is 2.75. The third-order valence-electron chi connectivity index (χ3n) is 4.09. The molecule has 0 radical (unpaired) electrons. The van der Waals surface area contributed by atoms with Gasteiger partial charge >= 0.3 is 5.97 Å². The van der Waals surface area contributed by atoms with Crippen molar-refractivity contribution in [2.24, 2.45) is 0 Å². The maximum Gasteiger partial charge on any atom is 0.341 e. The van der Waals surface area contributed by atoms with E-state index >= 15 is 0 Å². The Morgan fingerprint density at radius 3 is 2.45 bits per heavy atom. The van der Waals surface area contributed by atoms with Crippen LogP contribution < -0.4 is 10.6 Å². The number of benzene rings is 1. The summed E-state index contributed by atoms with van der Waals surface area (Å²) in [5.41, 5.74) is 1.51. The summed E-state index contributed by atoms with van der Waals surface area (Å²) in [6.45, 7) is 4.00. The molecule has 0 aliphatic rings. The Hall–Kier alpha value is -2.78. The minimum absolute atomic E-state index is 0.0475. The molecule has 2 rings (SSSR count). The van der Waals surface area contributed by atoms with Gasteiger partial charge in [0, 0.05) is 13.6 Å². The van der Waals surface area contributed by atoms with Gasteiger partial charge in [-0.25, -0.2) is 9.18 Å². The third-order valence-corrected chi connectivity index (χ3v) is 5.30. The molecule has 0 saturated heterocycles. The minimum atomic E-state index is -0.591. The number of esters is 1. The van der Waals surface area contributed by atoms with Crippen molar-refractivity contribution < 1.29 is 23.5 Å². The molecule has 0 spiro atoms. The molecule has 29 heavy (non-hydrogen) atoms. The Labute approximate surface area is 172 Å². The fraction of sp³-hybridized carbons (Fsp3) is 0.350. The molecule has 9 heteroatoms. The van der Waals surface area contributed by atoms with Crippen LogP contribution in [-0.4, -0.2) is 49.9 Å². The molecule has 1 aromatic carbocycles. The van der Waals surface area contributed by atoms with Crippen LogP contribution in [0.25, 0.3) is 0 Å². The lowest BCUT2D eigenvalue weighted by Crippen LogP contribution is -2.30. The molecule has 7 nitrogen and oxygen atoms in total. The van der Waals surface area contributed by atoms with Crippen LogP contribution in [0.1, 0.15) is 38.1 Å². The zero-order valence-corrected chi connectivity index (χ0v) is 17.6. The first-order valence-corrected chi connectivity index (χ1v) is 9.83. The third kappa shape index (κ3) is 5.85. The van der Waals surface area contributed by atoms with Crippen molar-refractivity contribution >= 4 is 34.1 Å².